The molecule has 110 valence electrons. The monoisotopic (exact) mass is 331 g/mol. The predicted octanol–water partition coefficient (Wildman–Crippen LogP) is 5.73. The van der Waals surface area contributed by atoms with Gasteiger partial charge in [0.2, 0.25) is 0 Å². The molecular formula is C15H19Cl2NOS. The van der Waals surface area contributed by atoms with Crippen molar-refractivity contribution in [2.24, 2.45) is 0 Å². The lowest BCUT2D eigenvalue weighted by Gasteiger charge is -2.00. The summed E-state index contributed by atoms with van der Waals surface area (Å²) in [5.41, 5.74) is -0.00828. The Bertz CT molecular complexity index is 633. The standard InChI is InChI=1S/C15H19Cl2NOS/c1-2-3-4-5-6-7-10-18-15(19)13-11(16)8-9-12(17)14(13)20-18/h8-9H,2-7,10H2,1H3. The lowest BCUT2D eigenvalue weighted by Crippen LogP contribution is -2.13. The largest absolute Gasteiger partial charge is 0.270 e. The molecule has 0 atom stereocenters. The molecule has 0 radical (unpaired) electrons. The maximum Gasteiger partial charge on any atom is 0.270 e. The zero-order chi connectivity index (χ0) is 14.5. The van der Waals surface area contributed by atoms with Crippen LogP contribution in [0.3, 0.4) is 0 Å². The first-order valence-corrected chi connectivity index (χ1v) is 8.66. The molecule has 0 amide bonds. The van der Waals surface area contributed by atoms with E-state index in [1.165, 1.54) is 43.6 Å². The number of benzene rings is 1. The molecule has 2 aromatic rings. The number of aryl methyl sites for hydroxylation is 1. The van der Waals surface area contributed by atoms with Crippen LogP contribution in [-0.2, 0) is 6.54 Å². The van der Waals surface area contributed by atoms with Crippen LogP contribution in [-0.4, -0.2) is 3.96 Å². The molecule has 0 bridgehead atoms. The molecule has 1 heterocycles. The molecule has 0 saturated carbocycles. The molecule has 1 aromatic carbocycles. The molecule has 0 aliphatic heterocycles. The fourth-order valence-electron chi connectivity index (χ4n) is 2.28. The average molecular weight is 332 g/mol. The summed E-state index contributed by atoms with van der Waals surface area (Å²) < 4.78 is 2.58. The third kappa shape index (κ3) is 3.57. The van der Waals surface area contributed by atoms with Gasteiger partial charge in [0, 0.05) is 6.54 Å². The molecule has 5 heteroatoms. The van der Waals surface area contributed by atoms with Gasteiger partial charge in [0.25, 0.3) is 5.56 Å². The highest BCUT2D eigenvalue weighted by Crippen LogP contribution is 2.31. The van der Waals surface area contributed by atoms with Gasteiger partial charge in [-0.1, -0.05) is 73.8 Å². The smallest absolute Gasteiger partial charge is 0.268 e. The summed E-state index contributed by atoms with van der Waals surface area (Å²) in [6, 6.07) is 3.44. The van der Waals surface area contributed by atoms with E-state index in [-0.39, 0.29) is 5.56 Å². The molecule has 0 aliphatic carbocycles. The number of nitrogens with zero attached hydrogens (tertiary/aromatic N) is 1. The van der Waals surface area contributed by atoms with Gasteiger partial charge in [0.15, 0.2) is 0 Å². The summed E-state index contributed by atoms with van der Waals surface area (Å²) in [6.45, 7) is 2.97. The van der Waals surface area contributed by atoms with Crippen LogP contribution in [0.5, 0.6) is 0 Å². The maximum absolute atomic E-state index is 12.3. The van der Waals surface area contributed by atoms with Gasteiger partial charge < -0.3 is 0 Å². The van der Waals surface area contributed by atoms with Gasteiger partial charge in [0.05, 0.1) is 20.1 Å². The second-order valence-electron chi connectivity index (χ2n) is 5.00. The Labute approximate surface area is 133 Å². The predicted molar refractivity (Wildman–Crippen MR) is 89.5 cm³/mol. The van der Waals surface area contributed by atoms with Crippen molar-refractivity contribution >= 4 is 44.8 Å². The quantitative estimate of drug-likeness (QED) is 0.593. The number of unbranched alkanes of at least 4 members (excludes halogenated alkanes) is 5. The first-order chi connectivity index (χ1) is 9.65. The third-order valence-electron chi connectivity index (χ3n) is 3.42. The second-order valence-corrected chi connectivity index (χ2v) is 6.85. The van der Waals surface area contributed by atoms with Crippen molar-refractivity contribution in [3.05, 3.63) is 32.5 Å². The molecule has 20 heavy (non-hydrogen) atoms. The topological polar surface area (TPSA) is 22.0 Å². The summed E-state index contributed by atoms with van der Waals surface area (Å²) in [5.74, 6) is 0. The molecule has 0 saturated heterocycles. The molecule has 2 rings (SSSR count). The summed E-state index contributed by atoms with van der Waals surface area (Å²) in [5, 5.41) is 1.66. The highest BCUT2D eigenvalue weighted by atomic mass is 35.5. The van der Waals surface area contributed by atoms with Crippen molar-refractivity contribution in [2.45, 2.75) is 52.0 Å². The van der Waals surface area contributed by atoms with Gasteiger partial charge in [-0.3, -0.25) is 8.75 Å². The van der Waals surface area contributed by atoms with Crippen molar-refractivity contribution in [1.82, 2.24) is 3.96 Å². The minimum atomic E-state index is -0.00828. The highest BCUT2D eigenvalue weighted by molar-refractivity contribution is 7.14. The highest BCUT2D eigenvalue weighted by Gasteiger charge is 2.13. The molecule has 0 N–H and O–H groups in total. The van der Waals surface area contributed by atoms with Gasteiger partial charge in [0.1, 0.15) is 0 Å². The molecule has 2 nitrogen and oxygen atoms in total. The number of hydrogen-bond acceptors (Lipinski definition) is 2. The Morgan fingerprint density at radius 3 is 2.40 bits per heavy atom. The number of hydrogen-bond donors (Lipinski definition) is 0. The Morgan fingerprint density at radius 1 is 1.05 bits per heavy atom. The Morgan fingerprint density at radius 2 is 1.70 bits per heavy atom. The normalized spacial score (nSPS) is 11.3. The number of fused-ring (bicyclic) bond motifs is 1. The van der Waals surface area contributed by atoms with Crippen molar-refractivity contribution in [3.63, 3.8) is 0 Å². The van der Waals surface area contributed by atoms with Crippen molar-refractivity contribution in [1.29, 1.82) is 0 Å². The van der Waals surface area contributed by atoms with Crippen LogP contribution in [0.25, 0.3) is 10.1 Å². The molecule has 0 fully saturated rings. The van der Waals surface area contributed by atoms with E-state index >= 15 is 0 Å². The van der Waals surface area contributed by atoms with Crippen LogP contribution < -0.4 is 5.56 Å². The van der Waals surface area contributed by atoms with Crippen LogP contribution in [0.2, 0.25) is 10.0 Å². The maximum atomic E-state index is 12.3. The van der Waals surface area contributed by atoms with E-state index in [9.17, 15) is 4.79 Å². The van der Waals surface area contributed by atoms with E-state index in [1.807, 2.05) is 0 Å². The van der Waals surface area contributed by atoms with Crippen LogP contribution in [0.4, 0.5) is 0 Å². The molecule has 0 aliphatic rings. The fourth-order valence-corrected chi connectivity index (χ4v) is 3.90. The van der Waals surface area contributed by atoms with Crippen molar-refractivity contribution in [3.8, 4) is 0 Å². The zero-order valence-electron chi connectivity index (χ0n) is 11.6. The molecule has 1 aromatic heterocycles. The SMILES string of the molecule is CCCCCCCCn1sc2c(Cl)ccc(Cl)c2c1=O. The number of halogens is 2. The second kappa shape index (κ2) is 7.48. The lowest BCUT2D eigenvalue weighted by atomic mass is 10.1. The average Bonchev–Trinajstić information content (AvgIpc) is 2.77. The Hall–Kier alpha value is -0.510. The molecular weight excluding hydrogens is 313 g/mol. The van der Waals surface area contributed by atoms with E-state index in [4.69, 9.17) is 23.2 Å². The Kier molecular flexibility index (Phi) is 5.94. The van der Waals surface area contributed by atoms with Gasteiger partial charge in [-0.15, -0.1) is 0 Å². The summed E-state index contributed by atoms with van der Waals surface area (Å²) in [7, 11) is 0. The van der Waals surface area contributed by atoms with E-state index in [0.29, 0.717) is 15.4 Å². The van der Waals surface area contributed by atoms with E-state index < -0.39 is 0 Å². The van der Waals surface area contributed by atoms with E-state index in [1.54, 1.807) is 16.1 Å². The fraction of sp³-hybridized carbons (Fsp3) is 0.533. The van der Waals surface area contributed by atoms with E-state index in [0.717, 1.165) is 17.7 Å². The molecule has 0 spiro atoms. The first-order valence-electron chi connectivity index (χ1n) is 7.13. The van der Waals surface area contributed by atoms with Gasteiger partial charge >= 0.3 is 0 Å². The van der Waals surface area contributed by atoms with Crippen molar-refractivity contribution < 1.29 is 0 Å². The number of rotatable bonds is 7. The lowest BCUT2D eigenvalue weighted by molar-refractivity contribution is 0.569. The Balaban J connectivity index is 2.04. The van der Waals surface area contributed by atoms with Gasteiger partial charge in [-0.05, 0) is 18.6 Å². The van der Waals surface area contributed by atoms with Crippen LogP contribution in [0.15, 0.2) is 16.9 Å². The van der Waals surface area contributed by atoms with Gasteiger partial charge in [-0.2, -0.15) is 0 Å². The van der Waals surface area contributed by atoms with Crippen molar-refractivity contribution in [2.75, 3.05) is 0 Å². The van der Waals surface area contributed by atoms with Crippen LogP contribution in [0.1, 0.15) is 45.4 Å². The third-order valence-corrected chi connectivity index (χ3v) is 5.33. The van der Waals surface area contributed by atoms with Crippen LogP contribution >= 0.6 is 34.7 Å². The minimum Gasteiger partial charge on any atom is -0.268 e. The van der Waals surface area contributed by atoms with Crippen LogP contribution in [0, 0.1) is 0 Å². The molecule has 0 unspecified atom stereocenters. The van der Waals surface area contributed by atoms with E-state index in [2.05, 4.69) is 6.92 Å². The summed E-state index contributed by atoms with van der Waals surface area (Å²) >= 11 is 13.7. The first kappa shape index (κ1) is 15.9. The minimum absolute atomic E-state index is 0.00828. The summed E-state index contributed by atoms with van der Waals surface area (Å²) in [4.78, 5) is 12.3. The zero-order valence-corrected chi connectivity index (χ0v) is 14.0. The summed E-state index contributed by atoms with van der Waals surface area (Å²) in [6.07, 6.45) is 7.29. The number of aromatic nitrogens is 1. The van der Waals surface area contributed by atoms with Gasteiger partial charge in [-0.25, -0.2) is 0 Å².